The number of nitrogens with zero attached hydrogens (tertiary/aromatic N) is 6. The number of hydrogen-bond donors (Lipinski definition) is 6. The molecule has 6 aromatic heterocycles. The van der Waals surface area contributed by atoms with Gasteiger partial charge in [0.15, 0.2) is 77.5 Å². The summed E-state index contributed by atoms with van der Waals surface area (Å²) >= 11 is 0. The van der Waals surface area contributed by atoms with Crippen molar-refractivity contribution in [2.45, 2.75) is 119 Å². The van der Waals surface area contributed by atoms with Crippen LogP contribution in [0.3, 0.4) is 0 Å². The first-order valence-electron chi connectivity index (χ1n) is 44.0. The van der Waals surface area contributed by atoms with Crippen molar-refractivity contribution in [1.29, 1.82) is 5.41 Å². The molecule has 20 rings (SSSR count). The van der Waals surface area contributed by atoms with Crippen LogP contribution in [0.4, 0.5) is 0 Å². The number of phenolic OH excluding ortho intramolecular Hbond substituents is 5. The zero-order valence-corrected chi connectivity index (χ0v) is 75.9. The van der Waals surface area contributed by atoms with Gasteiger partial charge in [-0.3, -0.25) is 48.9 Å². The Labute approximate surface area is 775 Å². The fourth-order valence-corrected chi connectivity index (χ4v) is 18.5. The summed E-state index contributed by atoms with van der Waals surface area (Å²) < 4.78 is 42.3. The number of likely N-dealkylation sites (N-methyl/N-ethyl adjacent to an activating group) is 2. The number of methoxy groups -OCH3 is 1. The van der Waals surface area contributed by atoms with Crippen LogP contribution in [0.25, 0.3) is 65.8 Å². The lowest BCUT2D eigenvalue weighted by Crippen LogP contribution is -2.36. The van der Waals surface area contributed by atoms with Gasteiger partial charge in [0.2, 0.25) is 0 Å². The van der Waals surface area contributed by atoms with Crippen molar-refractivity contribution in [3.05, 3.63) is 319 Å². The summed E-state index contributed by atoms with van der Waals surface area (Å²) in [5, 5.41) is 61.0. The number of carbonyl (C=O) groups excluding carboxylic acids is 6. The summed E-state index contributed by atoms with van der Waals surface area (Å²) in [5.74, 6) is -0.442. The third-order valence-corrected chi connectivity index (χ3v) is 25.3. The van der Waals surface area contributed by atoms with Gasteiger partial charge in [-0.25, -0.2) is 28.8 Å². The number of ether oxygens (including phenoxy) is 2. The van der Waals surface area contributed by atoms with Crippen LogP contribution in [-0.4, -0.2) is 172 Å². The van der Waals surface area contributed by atoms with Crippen molar-refractivity contribution < 1.29 is 90.3 Å². The van der Waals surface area contributed by atoms with Gasteiger partial charge in [0.25, 0.3) is 0 Å². The predicted octanol–water partition coefficient (Wildman–Crippen LogP) is 13.2. The summed E-state index contributed by atoms with van der Waals surface area (Å²) in [6.07, 6.45) is 6.90. The third-order valence-electron chi connectivity index (χ3n) is 25.3. The molecule has 0 spiro atoms. The Hall–Kier alpha value is -15.2. The highest BCUT2D eigenvalue weighted by atomic mass is 16.7. The molecule has 0 fully saturated rings. The van der Waals surface area contributed by atoms with Crippen LogP contribution in [0.15, 0.2) is 195 Å². The number of ketones is 1. The Kier molecular flexibility index (Phi) is 28.8. The van der Waals surface area contributed by atoms with Crippen molar-refractivity contribution in [2.75, 3.05) is 73.8 Å². The molecule has 0 amide bonds. The number of benzene rings is 8. The van der Waals surface area contributed by atoms with E-state index in [0.29, 0.717) is 153 Å². The molecule has 0 atom stereocenters. The van der Waals surface area contributed by atoms with Crippen LogP contribution in [-0.2, 0) is 95.6 Å². The molecule has 6 aliphatic heterocycles. The third kappa shape index (κ3) is 19.8. The van der Waals surface area contributed by atoms with Gasteiger partial charge in [0.1, 0.15) is 40.1 Å². The van der Waals surface area contributed by atoms with Crippen LogP contribution in [0.5, 0.6) is 34.5 Å². The zero-order valence-electron chi connectivity index (χ0n) is 75.9. The first-order valence-corrected chi connectivity index (χ1v) is 44.0. The molecule has 0 radical (unpaired) electrons. The molecule has 136 heavy (non-hydrogen) atoms. The SMILES string of the molecule is C=C(C)CN1CCc2c(c(=O)oc3c(C=O)c(O)ccc23)C1.CC(=N)N1CCc2c(c(=O)oc3c(C=O)c(O)ccc23)C1.CC(=O)c1c(O)ccc2c3c(c(=O)oc12)CN(C)CC3.COCOc1ccc2c3c(c(=O)oc2c1C=O)CN(C)CC3.Cc1ccc(CN2CCc3c(c(=O)oc4c(C=O)c(O)ccc34)C2)cc1.O=Cc1c(O)ccc2c3c(c(=O)oc12)CN(Cc1ccccc1)CC3. The van der Waals surface area contributed by atoms with E-state index in [0.717, 1.165) is 131 Å². The Bertz CT molecular complexity index is 7560. The molecule has 0 unspecified atom stereocenters. The molecule has 32 heteroatoms. The fraction of sp³-hybridized carbons (Fsp3) is 0.279. The number of aromatic hydroxyl groups is 5. The molecule has 700 valence electrons. The van der Waals surface area contributed by atoms with Crippen LogP contribution >= 0.6 is 0 Å². The second kappa shape index (κ2) is 41.1. The largest absolute Gasteiger partial charge is 0.507 e. The van der Waals surface area contributed by atoms with Gasteiger partial charge in [-0.1, -0.05) is 72.3 Å². The number of carbonyl (C=O) groups is 6. The van der Waals surface area contributed by atoms with E-state index in [-0.39, 0.29) is 114 Å². The first kappa shape index (κ1) is 95.4. The van der Waals surface area contributed by atoms with Gasteiger partial charge in [-0.2, -0.15) is 0 Å². The van der Waals surface area contributed by atoms with E-state index in [1.807, 2.05) is 45.3 Å². The maximum Gasteiger partial charge on any atom is 0.341 e. The molecular formula is C104H99N7O25. The number of rotatable bonds is 15. The van der Waals surface area contributed by atoms with Gasteiger partial charge < -0.3 is 76.2 Å². The molecule has 32 nitrogen and oxygen atoms in total. The maximum atomic E-state index is 12.5. The second-order valence-electron chi connectivity index (χ2n) is 34.5. The number of phenols is 5. The Morgan fingerprint density at radius 2 is 0.699 bits per heavy atom. The average Bonchev–Trinajstić information content (AvgIpc) is 0.802. The molecule has 12 heterocycles. The van der Waals surface area contributed by atoms with Crippen LogP contribution in [0.1, 0.15) is 166 Å². The Morgan fingerprint density at radius 1 is 0.382 bits per heavy atom. The number of Topliss-reactive ketones (excluding diaryl/α,β-unsaturated/α-hetero) is 1. The van der Waals surface area contributed by atoms with Crippen LogP contribution in [0.2, 0.25) is 0 Å². The van der Waals surface area contributed by atoms with Crippen LogP contribution in [0, 0.1) is 12.3 Å². The van der Waals surface area contributed by atoms with E-state index in [1.165, 1.54) is 61.1 Å². The number of hydrogen-bond acceptors (Lipinski definition) is 31. The van der Waals surface area contributed by atoms with E-state index in [2.05, 4.69) is 74.4 Å². The normalized spacial score (nSPS) is 14.6. The topological polar surface area (TPSA) is 447 Å². The number of amidine groups is 1. The van der Waals surface area contributed by atoms with E-state index < -0.39 is 28.1 Å². The molecule has 0 saturated heterocycles. The smallest absolute Gasteiger partial charge is 0.341 e. The molecule has 0 saturated carbocycles. The molecule has 14 aromatic rings. The molecular weight excluding hydrogens is 1750 g/mol. The van der Waals surface area contributed by atoms with E-state index in [9.17, 15) is 83.1 Å². The molecule has 6 aliphatic rings. The number of fused-ring (bicyclic) bond motifs is 18. The molecule has 8 aromatic carbocycles. The van der Waals surface area contributed by atoms with Crippen molar-refractivity contribution in [3.63, 3.8) is 0 Å². The van der Waals surface area contributed by atoms with Gasteiger partial charge in [-0.15, -0.1) is 0 Å². The summed E-state index contributed by atoms with van der Waals surface area (Å²) in [4.78, 5) is 154. The number of nitrogens with one attached hydrogen (secondary N) is 1. The predicted molar refractivity (Wildman–Crippen MR) is 507 cm³/mol. The summed E-state index contributed by atoms with van der Waals surface area (Å²) in [6, 6.07) is 37.9. The quantitative estimate of drug-likeness (QED) is 0.0106. The van der Waals surface area contributed by atoms with Crippen molar-refractivity contribution in [1.82, 2.24) is 29.4 Å². The van der Waals surface area contributed by atoms with E-state index in [1.54, 1.807) is 48.2 Å². The first-order chi connectivity index (χ1) is 65.4. The van der Waals surface area contributed by atoms with Gasteiger partial charge in [-0.05, 0) is 198 Å². The Balaban J connectivity index is 0.000000124. The molecule has 0 aliphatic carbocycles. The standard InChI is InChI=1S/C21H19NO4.C20H17NO4.C17H17NO4.C16H17NO5.C15H14N2O4.C15H15NO4/c1-13-2-4-14(5-3-13)10-22-9-8-15-16-6-7-19(24)18(12-23)20(16)26-21(25)17(15)11-22;22-12-17-18(23)7-6-15-14-8-9-21(10-13-4-2-1-3-5-13)11-16(14)20(24)25-19(15)17;1-10(2)7-18-6-5-11-12-3-4-15(20)14(9-19)16(12)22-17(21)13(11)8-18;1-17-6-5-10-11-3-4-14(21-9-20-2)13(8-18)15(11)22-16(19)12(10)7-17;1-8(16)17-5-4-9-10-2-3-13(19)12(7-18)14(10)21-15(20)11(9)6-17;1-8(17)13-12(18)4-3-10-9-5-6-16(2)7-11(9)15(19)20-14(10)13/h2-7,12,24H,8-11H2,1H3;1-7,12,23H,8-11H2;3-4,9,20H,1,5-8H2,2H3;3-4,8H,5-7,9H2,1-2H3;2-3,7,16,19H,4-6H2,1H3;3-4,18H,5-7H2,1-2H3. The van der Waals surface area contributed by atoms with Gasteiger partial charge >= 0.3 is 33.8 Å². The molecule has 0 bridgehead atoms. The summed E-state index contributed by atoms with van der Waals surface area (Å²) in [5.41, 5.74) is 12.8. The minimum absolute atomic E-state index is 0.00179. The lowest BCUT2D eigenvalue weighted by Gasteiger charge is -2.29. The minimum Gasteiger partial charge on any atom is -0.507 e. The lowest BCUT2D eigenvalue weighted by molar-refractivity contribution is 0.0506. The number of aryl methyl sites for hydroxylation is 1. The highest BCUT2D eigenvalue weighted by molar-refractivity contribution is 6.08. The average molecular weight is 1850 g/mol. The zero-order chi connectivity index (χ0) is 96.8. The van der Waals surface area contributed by atoms with E-state index >= 15 is 0 Å². The molecule has 6 N–H and O–H groups in total. The van der Waals surface area contributed by atoms with Gasteiger partial charge in [0.05, 0.1) is 73.6 Å². The highest BCUT2D eigenvalue weighted by Gasteiger charge is 2.33. The monoisotopic (exact) mass is 1850 g/mol. The van der Waals surface area contributed by atoms with E-state index in [4.69, 9.17) is 41.4 Å². The lowest BCUT2D eigenvalue weighted by atomic mass is 9.95. The summed E-state index contributed by atoms with van der Waals surface area (Å²) in [7, 11) is 5.41. The second-order valence-corrected chi connectivity index (χ2v) is 34.5. The maximum absolute atomic E-state index is 12.5. The van der Waals surface area contributed by atoms with Crippen molar-refractivity contribution in [2.24, 2.45) is 0 Å². The number of aldehydes is 5. The summed E-state index contributed by atoms with van der Waals surface area (Å²) in [6.45, 7) is 21.0. The van der Waals surface area contributed by atoms with Gasteiger partial charge in [0, 0.05) is 131 Å². The minimum atomic E-state index is -0.517. The fourth-order valence-electron chi connectivity index (χ4n) is 18.5. The Morgan fingerprint density at radius 3 is 1.07 bits per heavy atom. The van der Waals surface area contributed by atoms with Crippen molar-refractivity contribution in [3.8, 4) is 34.5 Å². The van der Waals surface area contributed by atoms with Crippen LogP contribution < -0.4 is 38.5 Å². The van der Waals surface area contributed by atoms with Crippen molar-refractivity contribution >= 4 is 109 Å². The highest BCUT2D eigenvalue weighted by Crippen LogP contribution is 2.39.